The largest absolute Gasteiger partial charge is 0.497 e. The van der Waals surface area contributed by atoms with E-state index < -0.39 is 5.91 Å². The molecular formula is C21H19N3O5S. The molecule has 0 spiro atoms. The number of benzene rings is 1. The van der Waals surface area contributed by atoms with E-state index in [9.17, 15) is 9.59 Å². The number of H-pyrrole nitrogens is 1. The minimum absolute atomic E-state index is 0.0149. The van der Waals surface area contributed by atoms with Gasteiger partial charge in [0.25, 0.3) is 5.91 Å². The average molecular weight is 425 g/mol. The molecule has 1 aromatic carbocycles. The lowest BCUT2D eigenvalue weighted by Crippen LogP contribution is -2.22. The predicted molar refractivity (Wildman–Crippen MR) is 115 cm³/mol. The number of aryl methyl sites for hydroxylation is 2. The van der Waals surface area contributed by atoms with Gasteiger partial charge in [0.2, 0.25) is 11.2 Å². The van der Waals surface area contributed by atoms with E-state index in [0.29, 0.717) is 10.9 Å². The summed E-state index contributed by atoms with van der Waals surface area (Å²) in [6.45, 7) is 3.30. The molecule has 9 heteroatoms. The van der Waals surface area contributed by atoms with Crippen LogP contribution in [-0.2, 0) is 4.79 Å². The van der Waals surface area contributed by atoms with Crippen LogP contribution in [-0.4, -0.2) is 29.6 Å². The SMILES string of the molecule is COc1ccc2[nH]c(C)c(-c3csc(NC(=O)COc4coc(C)cc4=O)n3)c2c1. The monoisotopic (exact) mass is 425 g/mol. The van der Waals surface area contributed by atoms with E-state index in [-0.39, 0.29) is 17.8 Å². The second-order valence-electron chi connectivity index (χ2n) is 6.63. The Balaban J connectivity index is 1.49. The van der Waals surface area contributed by atoms with Crippen molar-refractivity contribution in [2.24, 2.45) is 0 Å². The van der Waals surface area contributed by atoms with Gasteiger partial charge in [0, 0.05) is 33.6 Å². The van der Waals surface area contributed by atoms with Crippen molar-refractivity contribution in [2.45, 2.75) is 13.8 Å². The van der Waals surface area contributed by atoms with E-state index in [1.807, 2.05) is 30.5 Å². The Morgan fingerprint density at radius 3 is 2.90 bits per heavy atom. The van der Waals surface area contributed by atoms with Crippen molar-refractivity contribution in [3.8, 4) is 22.8 Å². The van der Waals surface area contributed by atoms with E-state index in [4.69, 9.17) is 13.9 Å². The second kappa shape index (κ2) is 8.03. The Hall–Kier alpha value is -3.59. The van der Waals surface area contributed by atoms with Gasteiger partial charge in [0.05, 0.1) is 12.8 Å². The van der Waals surface area contributed by atoms with E-state index in [1.54, 1.807) is 14.0 Å². The number of methoxy groups -OCH3 is 1. The van der Waals surface area contributed by atoms with Gasteiger partial charge in [-0.15, -0.1) is 11.3 Å². The number of thiazole rings is 1. The first-order valence-corrected chi connectivity index (χ1v) is 9.97. The summed E-state index contributed by atoms with van der Waals surface area (Å²) in [5, 5.41) is 5.99. The topological polar surface area (TPSA) is 106 Å². The smallest absolute Gasteiger partial charge is 0.264 e. The van der Waals surface area contributed by atoms with Crippen molar-refractivity contribution in [3.63, 3.8) is 0 Å². The molecule has 0 aliphatic heterocycles. The van der Waals surface area contributed by atoms with E-state index in [0.717, 1.165) is 33.6 Å². The van der Waals surface area contributed by atoms with Gasteiger partial charge in [-0.3, -0.25) is 14.9 Å². The molecule has 0 aliphatic carbocycles. The quantitative estimate of drug-likeness (QED) is 0.485. The first-order valence-electron chi connectivity index (χ1n) is 9.09. The molecule has 0 radical (unpaired) electrons. The molecule has 4 rings (SSSR count). The number of carbonyl (C=O) groups is 1. The third-order valence-electron chi connectivity index (χ3n) is 4.49. The van der Waals surface area contributed by atoms with Crippen LogP contribution in [0.5, 0.6) is 11.5 Å². The Kier molecular flexibility index (Phi) is 5.28. The average Bonchev–Trinajstić information content (AvgIpc) is 3.29. The molecule has 3 heterocycles. The molecule has 0 aliphatic rings. The van der Waals surface area contributed by atoms with Gasteiger partial charge in [0.1, 0.15) is 17.8 Å². The highest BCUT2D eigenvalue weighted by Crippen LogP contribution is 2.35. The molecule has 0 unspecified atom stereocenters. The fourth-order valence-corrected chi connectivity index (χ4v) is 3.82. The summed E-state index contributed by atoms with van der Waals surface area (Å²) in [6.07, 6.45) is 1.19. The molecular weight excluding hydrogens is 406 g/mol. The molecule has 8 nitrogen and oxygen atoms in total. The fourth-order valence-electron chi connectivity index (χ4n) is 3.11. The number of ether oxygens (including phenoxy) is 2. The van der Waals surface area contributed by atoms with Crippen LogP contribution in [0.3, 0.4) is 0 Å². The van der Waals surface area contributed by atoms with Gasteiger partial charge >= 0.3 is 0 Å². The summed E-state index contributed by atoms with van der Waals surface area (Å²) in [5.41, 5.74) is 3.30. The second-order valence-corrected chi connectivity index (χ2v) is 7.49. The summed E-state index contributed by atoms with van der Waals surface area (Å²) in [4.78, 5) is 31.9. The molecule has 0 atom stereocenters. The maximum Gasteiger partial charge on any atom is 0.264 e. The summed E-state index contributed by atoms with van der Waals surface area (Å²) in [6, 6.07) is 7.10. The van der Waals surface area contributed by atoms with Crippen molar-refractivity contribution < 1.29 is 18.7 Å². The zero-order valence-corrected chi connectivity index (χ0v) is 17.4. The number of carbonyl (C=O) groups excluding carboxylic acids is 1. The zero-order chi connectivity index (χ0) is 21.3. The Bertz CT molecular complexity index is 1290. The standard InChI is InChI=1S/C21H19N3O5S/c1-11-6-17(25)18(8-28-11)29-9-19(26)24-21-23-16(10-30-21)20-12(2)22-15-5-4-13(27-3)7-14(15)20/h4-8,10,22H,9H2,1-3H3,(H,23,24,26). The Labute approximate surface area is 175 Å². The molecule has 4 aromatic rings. The number of hydrogen-bond acceptors (Lipinski definition) is 7. The number of amides is 1. The van der Waals surface area contributed by atoms with Gasteiger partial charge < -0.3 is 18.9 Å². The summed E-state index contributed by atoms with van der Waals surface area (Å²) in [7, 11) is 1.62. The maximum atomic E-state index is 12.2. The Morgan fingerprint density at radius 1 is 1.30 bits per heavy atom. The van der Waals surface area contributed by atoms with Crippen LogP contribution in [0.4, 0.5) is 5.13 Å². The highest BCUT2D eigenvalue weighted by atomic mass is 32.1. The first-order chi connectivity index (χ1) is 14.4. The number of anilines is 1. The number of hydrogen-bond donors (Lipinski definition) is 2. The van der Waals surface area contributed by atoms with E-state index in [1.165, 1.54) is 23.7 Å². The van der Waals surface area contributed by atoms with Crippen LogP contribution in [0.15, 0.2) is 45.1 Å². The molecule has 3 aromatic heterocycles. The van der Waals surface area contributed by atoms with E-state index >= 15 is 0 Å². The number of aromatic amines is 1. The summed E-state index contributed by atoms with van der Waals surface area (Å²) < 4.78 is 15.7. The van der Waals surface area contributed by atoms with Crippen LogP contribution in [0.2, 0.25) is 0 Å². The minimum Gasteiger partial charge on any atom is -0.497 e. The lowest BCUT2D eigenvalue weighted by atomic mass is 10.1. The van der Waals surface area contributed by atoms with Crippen molar-refractivity contribution in [1.29, 1.82) is 0 Å². The normalized spacial score (nSPS) is 10.9. The van der Waals surface area contributed by atoms with Crippen molar-refractivity contribution >= 4 is 33.3 Å². The van der Waals surface area contributed by atoms with Crippen LogP contribution in [0.25, 0.3) is 22.2 Å². The first kappa shape index (κ1) is 19.7. The highest BCUT2D eigenvalue weighted by Gasteiger charge is 2.16. The van der Waals surface area contributed by atoms with Crippen LogP contribution in [0, 0.1) is 13.8 Å². The van der Waals surface area contributed by atoms with Gasteiger partial charge in [-0.05, 0) is 32.0 Å². The molecule has 2 N–H and O–H groups in total. The molecule has 0 bridgehead atoms. The number of aromatic nitrogens is 2. The molecule has 154 valence electrons. The van der Waals surface area contributed by atoms with Gasteiger partial charge in [-0.25, -0.2) is 4.98 Å². The third kappa shape index (κ3) is 3.92. The molecule has 1 amide bonds. The van der Waals surface area contributed by atoms with Crippen LogP contribution in [0.1, 0.15) is 11.5 Å². The van der Waals surface area contributed by atoms with Gasteiger partial charge in [-0.1, -0.05) is 0 Å². The summed E-state index contributed by atoms with van der Waals surface area (Å²) in [5.74, 6) is 0.786. The third-order valence-corrected chi connectivity index (χ3v) is 5.25. The molecule has 30 heavy (non-hydrogen) atoms. The van der Waals surface area contributed by atoms with Crippen LogP contribution >= 0.6 is 11.3 Å². The highest BCUT2D eigenvalue weighted by molar-refractivity contribution is 7.14. The number of nitrogens with zero attached hydrogens (tertiary/aromatic N) is 1. The minimum atomic E-state index is -0.423. The van der Waals surface area contributed by atoms with E-state index in [2.05, 4.69) is 15.3 Å². The fraction of sp³-hybridized carbons (Fsp3) is 0.190. The molecule has 0 fully saturated rings. The summed E-state index contributed by atoms with van der Waals surface area (Å²) >= 11 is 1.31. The molecule has 0 saturated heterocycles. The van der Waals surface area contributed by atoms with Crippen LogP contribution < -0.4 is 20.2 Å². The number of rotatable bonds is 6. The van der Waals surface area contributed by atoms with Gasteiger partial charge in [0.15, 0.2) is 11.7 Å². The Morgan fingerprint density at radius 2 is 2.13 bits per heavy atom. The van der Waals surface area contributed by atoms with Gasteiger partial charge in [-0.2, -0.15) is 0 Å². The van der Waals surface area contributed by atoms with Crippen molar-refractivity contribution in [1.82, 2.24) is 9.97 Å². The lowest BCUT2D eigenvalue weighted by molar-refractivity contribution is -0.118. The zero-order valence-electron chi connectivity index (χ0n) is 16.6. The number of nitrogens with one attached hydrogen (secondary N) is 2. The predicted octanol–water partition coefficient (Wildman–Crippen LogP) is 3.89. The van der Waals surface area contributed by atoms with Crippen molar-refractivity contribution in [3.05, 3.63) is 57.6 Å². The number of fused-ring (bicyclic) bond motifs is 1. The van der Waals surface area contributed by atoms with Crippen molar-refractivity contribution in [2.75, 3.05) is 19.0 Å². The lowest BCUT2D eigenvalue weighted by Gasteiger charge is -2.04. The molecule has 0 saturated carbocycles. The maximum absolute atomic E-state index is 12.2.